The number of benzene rings is 1. The van der Waals surface area contributed by atoms with Crippen LogP contribution in [0.1, 0.15) is 31.2 Å². The molecule has 0 heterocycles. The fourth-order valence-electron chi connectivity index (χ4n) is 2.45. The van der Waals surface area contributed by atoms with E-state index < -0.39 is 0 Å². The molecule has 0 unspecified atom stereocenters. The molecule has 1 aliphatic rings. The molecule has 0 aromatic heterocycles. The van der Waals surface area contributed by atoms with Crippen LogP contribution in [0, 0.1) is 5.92 Å². The van der Waals surface area contributed by atoms with Gasteiger partial charge in [-0.1, -0.05) is 25.0 Å². The van der Waals surface area contributed by atoms with E-state index in [0.29, 0.717) is 19.8 Å². The summed E-state index contributed by atoms with van der Waals surface area (Å²) < 4.78 is 10.4. The maximum Gasteiger partial charge on any atom is 0.227 e. The SMILES string of the molecule is COCCOCc1ccc(NC(=O)C2CCCC2)cc1. The summed E-state index contributed by atoms with van der Waals surface area (Å²) in [7, 11) is 1.66. The van der Waals surface area contributed by atoms with Crippen molar-refractivity contribution < 1.29 is 14.3 Å². The van der Waals surface area contributed by atoms with Gasteiger partial charge in [0.2, 0.25) is 5.91 Å². The third-order valence-electron chi connectivity index (χ3n) is 3.65. The Labute approximate surface area is 120 Å². The molecule has 20 heavy (non-hydrogen) atoms. The van der Waals surface area contributed by atoms with Gasteiger partial charge in [-0.2, -0.15) is 0 Å². The molecule has 0 saturated heterocycles. The maximum atomic E-state index is 12.0. The van der Waals surface area contributed by atoms with E-state index in [-0.39, 0.29) is 11.8 Å². The second-order valence-electron chi connectivity index (χ2n) is 5.21. The smallest absolute Gasteiger partial charge is 0.227 e. The number of amides is 1. The Morgan fingerprint density at radius 3 is 2.55 bits per heavy atom. The molecule has 1 aromatic carbocycles. The average Bonchev–Trinajstić information content (AvgIpc) is 3.00. The summed E-state index contributed by atoms with van der Waals surface area (Å²) in [4.78, 5) is 12.0. The number of nitrogens with one attached hydrogen (secondary N) is 1. The number of hydrogen-bond donors (Lipinski definition) is 1. The van der Waals surface area contributed by atoms with E-state index in [1.807, 2.05) is 24.3 Å². The fraction of sp³-hybridized carbons (Fsp3) is 0.562. The summed E-state index contributed by atoms with van der Waals surface area (Å²) in [5, 5.41) is 2.99. The lowest BCUT2D eigenvalue weighted by Gasteiger charge is -2.11. The van der Waals surface area contributed by atoms with Crippen LogP contribution >= 0.6 is 0 Å². The zero-order chi connectivity index (χ0) is 14.2. The first kappa shape index (κ1) is 15.0. The third kappa shape index (κ3) is 4.62. The Morgan fingerprint density at radius 1 is 1.20 bits per heavy atom. The van der Waals surface area contributed by atoms with Crippen LogP contribution in [0.15, 0.2) is 24.3 Å². The van der Waals surface area contributed by atoms with Crippen molar-refractivity contribution in [2.24, 2.45) is 5.92 Å². The van der Waals surface area contributed by atoms with Crippen molar-refractivity contribution in [3.8, 4) is 0 Å². The number of anilines is 1. The molecular weight excluding hydrogens is 254 g/mol. The zero-order valence-electron chi connectivity index (χ0n) is 12.1. The van der Waals surface area contributed by atoms with E-state index in [9.17, 15) is 4.79 Å². The second-order valence-corrected chi connectivity index (χ2v) is 5.21. The molecule has 0 radical (unpaired) electrons. The largest absolute Gasteiger partial charge is 0.382 e. The first-order chi connectivity index (χ1) is 9.79. The highest BCUT2D eigenvalue weighted by Gasteiger charge is 2.22. The Morgan fingerprint density at radius 2 is 1.90 bits per heavy atom. The third-order valence-corrected chi connectivity index (χ3v) is 3.65. The van der Waals surface area contributed by atoms with Crippen LogP contribution in [-0.2, 0) is 20.9 Å². The number of rotatable bonds is 7. The van der Waals surface area contributed by atoms with Gasteiger partial charge in [-0.25, -0.2) is 0 Å². The van der Waals surface area contributed by atoms with E-state index in [0.717, 1.165) is 24.1 Å². The molecule has 4 nitrogen and oxygen atoms in total. The molecule has 0 spiro atoms. The van der Waals surface area contributed by atoms with Crippen LogP contribution in [0.25, 0.3) is 0 Å². The maximum absolute atomic E-state index is 12.0. The van der Waals surface area contributed by atoms with Gasteiger partial charge in [-0.05, 0) is 30.5 Å². The molecule has 1 N–H and O–H groups in total. The number of carbonyl (C=O) groups excluding carboxylic acids is 1. The first-order valence-corrected chi connectivity index (χ1v) is 7.26. The molecule has 1 amide bonds. The first-order valence-electron chi connectivity index (χ1n) is 7.26. The molecule has 1 saturated carbocycles. The van der Waals surface area contributed by atoms with Gasteiger partial charge >= 0.3 is 0 Å². The molecule has 2 rings (SSSR count). The molecule has 1 aliphatic carbocycles. The Bertz CT molecular complexity index is 410. The van der Waals surface area contributed by atoms with Crippen molar-refractivity contribution in [3.63, 3.8) is 0 Å². The van der Waals surface area contributed by atoms with Gasteiger partial charge < -0.3 is 14.8 Å². The summed E-state index contributed by atoms with van der Waals surface area (Å²) in [5.41, 5.74) is 1.96. The average molecular weight is 277 g/mol. The van der Waals surface area contributed by atoms with Crippen molar-refractivity contribution in [1.82, 2.24) is 0 Å². The van der Waals surface area contributed by atoms with Crippen LogP contribution < -0.4 is 5.32 Å². The number of methoxy groups -OCH3 is 1. The number of ether oxygens (including phenoxy) is 2. The molecule has 1 fully saturated rings. The lowest BCUT2D eigenvalue weighted by Crippen LogP contribution is -2.20. The van der Waals surface area contributed by atoms with E-state index >= 15 is 0 Å². The Hall–Kier alpha value is -1.39. The van der Waals surface area contributed by atoms with Crippen molar-refractivity contribution in [1.29, 1.82) is 0 Å². The molecule has 1 aromatic rings. The van der Waals surface area contributed by atoms with Gasteiger partial charge in [-0.3, -0.25) is 4.79 Å². The minimum absolute atomic E-state index is 0.159. The van der Waals surface area contributed by atoms with Crippen LogP contribution in [0.2, 0.25) is 0 Å². The lowest BCUT2D eigenvalue weighted by atomic mass is 10.1. The number of hydrogen-bond acceptors (Lipinski definition) is 3. The van der Waals surface area contributed by atoms with Crippen LogP contribution in [0.5, 0.6) is 0 Å². The molecular formula is C16H23NO3. The minimum Gasteiger partial charge on any atom is -0.382 e. The molecule has 0 atom stereocenters. The van der Waals surface area contributed by atoms with E-state index in [2.05, 4.69) is 5.32 Å². The summed E-state index contributed by atoms with van der Waals surface area (Å²) in [6.45, 7) is 1.77. The van der Waals surface area contributed by atoms with Crippen LogP contribution in [0.3, 0.4) is 0 Å². The zero-order valence-corrected chi connectivity index (χ0v) is 12.1. The van der Waals surface area contributed by atoms with Gasteiger partial charge in [0.15, 0.2) is 0 Å². The van der Waals surface area contributed by atoms with Crippen molar-refractivity contribution in [2.45, 2.75) is 32.3 Å². The minimum atomic E-state index is 0.159. The fourth-order valence-corrected chi connectivity index (χ4v) is 2.45. The van der Waals surface area contributed by atoms with E-state index in [4.69, 9.17) is 9.47 Å². The highest BCUT2D eigenvalue weighted by molar-refractivity contribution is 5.92. The highest BCUT2D eigenvalue weighted by atomic mass is 16.5. The monoisotopic (exact) mass is 277 g/mol. The van der Waals surface area contributed by atoms with Crippen molar-refractivity contribution in [3.05, 3.63) is 29.8 Å². The predicted molar refractivity (Wildman–Crippen MR) is 78.6 cm³/mol. The summed E-state index contributed by atoms with van der Waals surface area (Å²) in [6, 6.07) is 7.83. The van der Waals surface area contributed by atoms with Gasteiger partial charge in [0, 0.05) is 18.7 Å². The van der Waals surface area contributed by atoms with E-state index in [1.54, 1.807) is 7.11 Å². The van der Waals surface area contributed by atoms with Crippen molar-refractivity contribution in [2.75, 3.05) is 25.6 Å². The quantitative estimate of drug-likeness (QED) is 0.779. The Kier molecular flexibility index (Phi) is 6.02. The van der Waals surface area contributed by atoms with E-state index in [1.165, 1.54) is 12.8 Å². The lowest BCUT2D eigenvalue weighted by molar-refractivity contribution is -0.119. The van der Waals surface area contributed by atoms with Crippen molar-refractivity contribution >= 4 is 11.6 Å². The molecule has 4 heteroatoms. The predicted octanol–water partition coefficient (Wildman–Crippen LogP) is 2.98. The highest BCUT2D eigenvalue weighted by Crippen LogP contribution is 2.26. The second kappa shape index (κ2) is 8.02. The molecule has 0 bridgehead atoms. The topological polar surface area (TPSA) is 47.6 Å². The standard InChI is InChI=1S/C16H23NO3/c1-19-10-11-20-12-13-6-8-15(9-7-13)17-16(18)14-4-2-3-5-14/h6-9,14H,2-5,10-12H2,1H3,(H,17,18). The van der Waals surface area contributed by atoms with Gasteiger partial charge in [0.25, 0.3) is 0 Å². The van der Waals surface area contributed by atoms with Crippen LogP contribution in [0.4, 0.5) is 5.69 Å². The summed E-state index contributed by atoms with van der Waals surface area (Å²) in [6.07, 6.45) is 4.40. The number of carbonyl (C=O) groups is 1. The normalized spacial score (nSPS) is 15.4. The van der Waals surface area contributed by atoms with Gasteiger partial charge in [0.05, 0.1) is 19.8 Å². The summed E-state index contributed by atoms with van der Waals surface area (Å²) in [5.74, 6) is 0.360. The Balaban J connectivity index is 1.77. The van der Waals surface area contributed by atoms with Crippen LogP contribution in [-0.4, -0.2) is 26.2 Å². The molecule has 0 aliphatic heterocycles. The molecule has 110 valence electrons. The summed E-state index contributed by atoms with van der Waals surface area (Å²) >= 11 is 0. The van der Waals surface area contributed by atoms with Gasteiger partial charge in [-0.15, -0.1) is 0 Å². The van der Waals surface area contributed by atoms with Gasteiger partial charge in [0.1, 0.15) is 0 Å².